The van der Waals surface area contributed by atoms with E-state index < -0.39 is 0 Å². The molecular formula is C15H25N. The maximum absolute atomic E-state index is 2.40. The molecule has 0 atom stereocenters. The number of nitrogens with zero attached hydrogens (tertiary/aromatic N) is 1. The highest BCUT2D eigenvalue weighted by Gasteiger charge is 2.01. The van der Waals surface area contributed by atoms with E-state index in [2.05, 4.69) is 57.0 Å². The highest BCUT2D eigenvalue weighted by Crippen LogP contribution is 2.15. The van der Waals surface area contributed by atoms with Crippen LogP contribution in [0.1, 0.15) is 50.7 Å². The third-order valence-electron chi connectivity index (χ3n) is 2.99. The molecule has 0 aliphatic heterocycles. The van der Waals surface area contributed by atoms with Crippen molar-refractivity contribution in [2.45, 2.75) is 46.1 Å². The molecule has 0 amide bonds. The lowest BCUT2D eigenvalue weighted by Crippen LogP contribution is -2.18. The number of benzene rings is 1. The smallest absolute Gasteiger partial charge is 0.0230 e. The van der Waals surface area contributed by atoms with Crippen LogP contribution in [0.2, 0.25) is 0 Å². The lowest BCUT2D eigenvalue weighted by molar-refractivity contribution is 0.321. The molecule has 0 aliphatic rings. The summed E-state index contributed by atoms with van der Waals surface area (Å²) in [7, 11) is 2.20. The Hall–Kier alpha value is -0.820. The fourth-order valence-corrected chi connectivity index (χ4v) is 1.83. The zero-order chi connectivity index (χ0) is 12.0. The first kappa shape index (κ1) is 13.2. The Morgan fingerprint density at radius 3 is 2.25 bits per heavy atom. The molecule has 1 rings (SSSR count). The maximum Gasteiger partial charge on any atom is 0.0230 e. The predicted octanol–water partition coefficient (Wildman–Crippen LogP) is 4.04. The van der Waals surface area contributed by atoms with Crippen LogP contribution >= 0.6 is 0 Å². The van der Waals surface area contributed by atoms with Gasteiger partial charge in [-0.1, -0.05) is 51.5 Å². The fourth-order valence-electron chi connectivity index (χ4n) is 1.83. The van der Waals surface area contributed by atoms with E-state index >= 15 is 0 Å². The third-order valence-corrected chi connectivity index (χ3v) is 2.99. The minimum Gasteiger partial charge on any atom is -0.302 e. The summed E-state index contributed by atoms with van der Waals surface area (Å²) in [5, 5.41) is 0. The molecule has 0 spiro atoms. The number of hydrogen-bond donors (Lipinski definition) is 0. The molecule has 0 fully saturated rings. The monoisotopic (exact) mass is 219 g/mol. The molecule has 1 nitrogen and oxygen atoms in total. The molecule has 90 valence electrons. The van der Waals surface area contributed by atoms with Gasteiger partial charge in [0.25, 0.3) is 0 Å². The van der Waals surface area contributed by atoms with Crippen LogP contribution in [0.3, 0.4) is 0 Å². The van der Waals surface area contributed by atoms with Gasteiger partial charge in [0.2, 0.25) is 0 Å². The van der Waals surface area contributed by atoms with Crippen LogP contribution in [0.4, 0.5) is 0 Å². The van der Waals surface area contributed by atoms with Crippen molar-refractivity contribution in [3.8, 4) is 0 Å². The first-order valence-corrected chi connectivity index (χ1v) is 6.41. The lowest BCUT2D eigenvalue weighted by Gasteiger charge is -2.16. The van der Waals surface area contributed by atoms with Crippen LogP contribution in [0, 0.1) is 0 Å². The van der Waals surface area contributed by atoms with Gasteiger partial charge in [-0.2, -0.15) is 0 Å². The molecule has 0 heterocycles. The van der Waals surface area contributed by atoms with E-state index in [0.29, 0.717) is 5.92 Å². The Labute approximate surface area is 100 Å². The summed E-state index contributed by atoms with van der Waals surface area (Å²) in [5.41, 5.74) is 2.85. The summed E-state index contributed by atoms with van der Waals surface area (Å²) in [6.45, 7) is 8.98. The first-order valence-electron chi connectivity index (χ1n) is 6.41. The molecule has 1 heteroatoms. The normalized spacial score (nSPS) is 11.4. The zero-order valence-electron chi connectivity index (χ0n) is 11.2. The van der Waals surface area contributed by atoms with E-state index in [9.17, 15) is 0 Å². The third kappa shape index (κ3) is 4.36. The van der Waals surface area contributed by atoms with Crippen molar-refractivity contribution in [2.24, 2.45) is 0 Å². The average Bonchev–Trinajstić information content (AvgIpc) is 2.27. The maximum atomic E-state index is 2.40. The van der Waals surface area contributed by atoms with Gasteiger partial charge >= 0.3 is 0 Å². The van der Waals surface area contributed by atoms with Crippen molar-refractivity contribution in [3.63, 3.8) is 0 Å². The molecule has 1 aromatic carbocycles. The van der Waals surface area contributed by atoms with Crippen molar-refractivity contribution in [1.82, 2.24) is 4.90 Å². The van der Waals surface area contributed by atoms with Crippen molar-refractivity contribution >= 4 is 0 Å². The first-order chi connectivity index (χ1) is 7.63. The quantitative estimate of drug-likeness (QED) is 0.698. The zero-order valence-corrected chi connectivity index (χ0v) is 11.2. The Morgan fingerprint density at radius 2 is 1.75 bits per heavy atom. The van der Waals surface area contributed by atoms with Gasteiger partial charge in [0.15, 0.2) is 0 Å². The molecule has 16 heavy (non-hydrogen) atoms. The van der Waals surface area contributed by atoms with Crippen LogP contribution in [0.25, 0.3) is 0 Å². The predicted molar refractivity (Wildman–Crippen MR) is 71.8 cm³/mol. The molecule has 0 saturated carbocycles. The topological polar surface area (TPSA) is 3.24 Å². The van der Waals surface area contributed by atoms with Gasteiger partial charge in [0.05, 0.1) is 0 Å². The van der Waals surface area contributed by atoms with Gasteiger partial charge < -0.3 is 4.90 Å². The minimum atomic E-state index is 0.631. The second kappa shape index (κ2) is 6.70. The molecule has 1 aromatic rings. The summed E-state index contributed by atoms with van der Waals surface area (Å²) in [4.78, 5) is 2.40. The molecule has 0 aliphatic carbocycles. The Kier molecular flexibility index (Phi) is 5.54. The summed E-state index contributed by atoms with van der Waals surface area (Å²) in [6, 6.07) is 9.04. The van der Waals surface area contributed by atoms with Crippen LogP contribution in [0.15, 0.2) is 24.3 Å². The van der Waals surface area contributed by atoms with Gasteiger partial charge in [-0.25, -0.2) is 0 Å². The van der Waals surface area contributed by atoms with E-state index in [0.717, 1.165) is 6.54 Å². The van der Waals surface area contributed by atoms with Crippen LogP contribution in [-0.4, -0.2) is 18.5 Å². The standard InChI is InChI=1S/C15H25N/c1-5-6-11-16(4)12-14-7-9-15(10-8-14)13(2)3/h7-10,13H,5-6,11-12H2,1-4H3. The highest BCUT2D eigenvalue weighted by atomic mass is 15.1. The Bertz CT molecular complexity index is 287. The van der Waals surface area contributed by atoms with E-state index in [4.69, 9.17) is 0 Å². The Balaban J connectivity index is 2.48. The van der Waals surface area contributed by atoms with Gasteiger partial charge in [0, 0.05) is 6.54 Å². The SMILES string of the molecule is CCCCN(C)Cc1ccc(C(C)C)cc1. The van der Waals surface area contributed by atoms with Crippen molar-refractivity contribution < 1.29 is 0 Å². The van der Waals surface area contributed by atoms with E-state index in [1.54, 1.807) is 0 Å². The number of hydrogen-bond acceptors (Lipinski definition) is 1. The molecule has 0 saturated heterocycles. The second-order valence-electron chi connectivity index (χ2n) is 4.99. The van der Waals surface area contributed by atoms with E-state index in [1.807, 2.05) is 0 Å². The van der Waals surface area contributed by atoms with E-state index in [1.165, 1.54) is 30.5 Å². The van der Waals surface area contributed by atoms with Crippen molar-refractivity contribution in [1.29, 1.82) is 0 Å². The highest BCUT2D eigenvalue weighted by molar-refractivity contribution is 5.24. The Morgan fingerprint density at radius 1 is 1.12 bits per heavy atom. The van der Waals surface area contributed by atoms with Gasteiger partial charge in [0.1, 0.15) is 0 Å². The minimum absolute atomic E-state index is 0.631. The fraction of sp³-hybridized carbons (Fsp3) is 0.600. The number of rotatable bonds is 6. The van der Waals surface area contributed by atoms with Gasteiger partial charge in [-0.3, -0.25) is 0 Å². The lowest BCUT2D eigenvalue weighted by atomic mass is 10.0. The van der Waals surface area contributed by atoms with Crippen LogP contribution in [0.5, 0.6) is 0 Å². The molecule has 0 N–H and O–H groups in total. The molecule has 0 unspecified atom stereocenters. The van der Waals surface area contributed by atoms with Crippen LogP contribution in [-0.2, 0) is 6.54 Å². The summed E-state index contributed by atoms with van der Waals surface area (Å²) >= 11 is 0. The van der Waals surface area contributed by atoms with Gasteiger partial charge in [-0.15, -0.1) is 0 Å². The number of unbranched alkanes of at least 4 members (excludes halogenated alkanes) is 1. The van der Waals surface area contributed by atoms with Gasteiger partial charge in [-0.05, 0) is 37.1 Å². The van der Waals surface area contributed by atoms with E-state index in [-0.39, 0.29) is 0 Å². The molecule has 0 radical (unpaired) electrons. The molecular weight excluding hydrogens is 194 g/mol. The van der Waals surface area contributed by atoms with Crippen molar-refractivity contribution in [2.75, 3.05) is 13.6 Å². The summed E-state index contributed by atoms with van der Waals surface area (Å²) in [6.07, 6.45) is 2.57. The molecule has 0 bridgehead atoms. The molecule has 0 aromatic heterocycles. The summed E-state index contributed by atoms with van der Waals surface area (Å²) in [5.74, 6) is 0.631. The average molecular weight is 219 g/mol. The van der Waals surface area contributed by atoms with Crippen LogP contribution < -0.4 is 0 Å². The summed E-state index contributed by atoms with van der Waals surface area (Å²) < 4.78 is 0. The van der Waals surface area contributed by atoms with Crippen molar-refractivity contribution in [3.05, 3.63) is 35.4 Å². The largest absolute Gasteiger partial charge is 0.302 e. The second-order valence-corrected chi connectivity index (χ2v) is 4.99.